The van der Waals surface area contributed by atoms with Gasteiger partial charge in [-0.3, -0.25) is 14.2 Å². The quantitative estimate of drug-likeness (QED) is 0.328. The first-order valence-corrected chi connectivity index (χ1v) is 18.2. The number of carbonyl (C=O) groups is 1. The molecule has 2 atom stereocenters. The summed E-state index contributed by atoms with van der Waals surface area (Å²) < 4.78 is 57.4. The van der Waals surface area contributed by atoms with Crippen LogP contribution < -0.4 is 21.9 Å². The second-order valence-corrected chi connectivity index (χ2v) is 15.3. The van der Waals surface area contributed by atoms with Crippen molar-refractivity contribution < 1.29 is 22.0 Å². The van der Waals surface area contributed by atoms with E-state index >= 15 is 8.78 Å². The van der Waals surface area contributed by atoms with Crippen molar-refractivity contribution in [1.82, 2.24) is 20.1 Å². The number of carbonyl (C=O) groups excluding carboxylic acids is 1. The van der Waals surface area contributed by atoms with E-state index in [0.717, 1.165) is 19.3 Å². The van der Waals surface area contributed by atoms with Crippen molar-refractivity contribution in [3.05, 3.63) is 62.9 Å². The van der Waals surface area contributed by atoms with Crippen LogP contribution in [0.25, 0.3) is 0 Å². The van der Waals surface area contributed by atoms with Crippen LogP contribution in [0.15, 0.2) is 40.1 Å². The van der Waals surface area contributed by atoms with E-state index in [4.69, 9.17) is 5.73 Å². The molecule has 46 heavy (non-hydrogen) atoms. The monoisotopic (exact) mass is 660 g/mol. The summed E-state index contributed by atoms with van der Waals surface area (Å²) in [6.45, 7) is 5.90. The van der Waals surface area contributed by atoms with Gasteiger partial charge in [0.15, 0.2) is 0 Å². The van der Waals surface area contributed by atoms with Gasteiger partial charge >= 0.3 is 0 Å². The number of benzene rings is 1. The first-order valence-electron chi connectivity index (χ1n) is 16.3. The number of nitrogens with two attached hydrogens (primary N) is 1. The van der Waals surface area contributed by atoms with Crippen LogP contribution in [0.2, 0.25) is 0 Å². The lowest BCUT2D eigenvalue weighted by atomic mass is 9.85. The first kappa shape index (κ1) is 34.2. The van der Waals surface area contributed by atoms with Gasteiger partial charge in [0.05, 0.1) is 17.8 Å². The van der Waals surface area contributed by atoms with E-state index in [1.54, 1.807) is 18.2 Å². The molecule has 1 unspecified atom stereocenters. The molecule has 2 aromatic rings. The van der Waals surface area contributed by atoms with Crippen molar-refractivity contribution in [2.75, 3.05) is 37.7 Å². The molecule has 2 fully saturated rings. The summed E-state index contributed by atoms with van der Waals surface area (Å²) in [4.78, 5) is 33.7. The summed E-state index contributed by atoms with van der Waals surface area (Å²) >= 11 is 0. The lowest BCUT2D eigenvalue weighted by Gasteiger charge is -2.36. The van der Waals surface area contributed by atoms with Gasteiger partial charge in [-0.2, -0.15) is 0 Å². The minimum Gasteiger partial charge on any atom is -0.390 e. The molecule has 4 aliphatic heterocycles. The fourth-order valence-electron chi connectivity index (χ4n) is 7.09. The van der Waals surface area contributed by atoms with Gasteiger partial charge in [-0.15, -0.1) is 0 Å². The van der Waals surface area contributed by atoms with Crippen molar-refractivity contribution in [3.8, 4) is 0 Å². The van der Waals surface area contributed by atoms with E-state index in [1.807, 2.05) is 19.9 Å². The molecule has 1 aromatic heterocycles. The minimum atomic E-state index is -3.17. The number of hydrogen-bond donors (Lipinski definition) is 3. The maximum absolute atomic E-state index is 15.8. The Morgan fingerprint density at radius 2 is 1.70 bits per heavy atom. The molecular weight excluding hydrogens is 614 g/mol. The molecule has 5 heterocycles. The number of rotatable bonds is 2. The van der Waals surface area contributed by atoms with Crippen molar-refractivity contribution in [3.63, 3.8) is 0 Å². The van der Waals surface area contributed by atoms with Gasteiger partial charge in [0, 0.05) is 41.2 Å². The summed E-state index contributed by atoms with van der Waals surface area (Å²) in [6.07, 6.45) is 4.03. The Morgan fingerprint density at radius 1 is 0.978 bits per heavy atom. The Labute approximate surface area is 269 Å². The Balaban J connectivity index is 1.55. The van der Waals surface area contributed by atoms with Gasteiger partial charge in [0.25, 0.3) is 11.5 Å². The van der Waals surface area contributed by atoms with Crippen LogP contribution >= 0.6 is 0 Å². The number of hydrogen-bond acceptors (Lipinski definition) is 7. The summed E-state index contributed by atoms with van der Waals surface area (Å²) in [5, 5.41) is 6.39. The molecule has 4 aliphatic rings. The number of nitrogens with zero attached hydrogens (tertiary/aromatic N) is 3. The van der Waals surface area contributed by atoms with Crippen LogP contribution in [0.4, 0.5) is 14.6 Å². The molecule has 6 bridgehead atoms. The highest BCUT2D eigenvalue weighted by Crippen LogP contribution is 2.42. The number of fused-ring (bicyclic) bond motifs is 10. The molecule has 0 spiro atoms. The normalized spacial score (nSPS) is 28.0. The van der Waals surface area contributed by atoms with E-state index in [0.29, 0.717) is 68.4 Å². The standard InChI is InChI=1S/C33H46F2N6O4S/c1-22-25-6-5-7-27(18-25)33(34,35)26-8-14-40(15-9-26)13-4-3-12-37-30(42)20-41-31(38-21-36)28(23(2)39-22)19-29(32(41)43)24-10-16-46(44,45)17-11-24/h5-7,18-19,21-24,26,39H,3-4,8-17,20H2,1-2H3,(H2,36,38)(H,37,42)/t22-,23?/m1/s1. The zero-order valence-electron chi connectivity index (χ0n) is 26.7. The van der Waals surface area contributed by atoms with Crippen molar-refractivity contribution in [2.24, 2.45) is 16.6 Å². The Hall–Kier alpha value is -3.16. The number of sulfone groups is 1. The van der Waals surface area contributed by atoms with Gasteiger partial charge in [0.1, 0.15) is 22.2 Å². The van der Waals surface area contributed by atoms with Crippen LogP contribution in [0.5, 0.6) is 0 Å². The Bertz CT molecular complexity index is 1590. The molecule has 2 saturated heterocycles. The molecule has 0 aliphatic carbocycles. The predicted molar refractivity (Wildman–Crippen MR) is 175 cm³/mol. The lowest BCUT2D eigenvalue weighted by molar-refractivity contribution is -0.121. The number of aromatic nitrogens is 1. The fourth-order valence-corrected chi connectivity index (χ4v) is 8.59. The molecule has 4 N–H and O–H groups in total. The topological polar surface area (TPSA) is 139 Å². The molecule has 1 amide bonds. The third-order valence-electron chi connectivity index (χ3n) is 9.87. The van der Waals surface area contributed by atoms with Gasteiger partial charge < -0.3 is 21.3 Å². The second-order valence-electron chi connectivity index (χ2n) is 13.0. The summed E-state index contributed by atoms with van der Waals surface area (Å²) in [5.74, 6) is -4.15. The molecule has 10 nitrogen and oxygen atoms in total. The summed E-state index contributed by atoms with van der Waals surface area (Å²) in [7, 11) is -3.17. The number of amides is 1. The average molecular weight is 661 g/mol. The van der Waals surface area contributed by atoms with Crippen LogP contribution in [0.1, 0.15) is 92.6 Å². The highest BCUT2D eigenvalue weighted by Gasteiger charge is 2.42. The van der Waals surface area contributed by atoms with Gasteiger partial charge in [0.2, 0.25) is 5.91 Å². The third kappa shape index (κ3) is 7.69. The minimum absolute atomic E-state index is 0.0109. The van der Waals surface area contributed by atoms with Crippen LogP contribution in [0.3, 0.4) is 0 Å². The molecular formula is C33H46F2N6O4S. The van der Waals surface area contributed by atoms with Gasteiger partial charge in [-0.05, 0) is 95.6 Å². The Morgan fingerprint density at radius 3 is 2.39 bits per heavy atom. The molecule has 13 heteroatoms. The van der Waals surface area contributed by atoms with E-state index in [-0.39, 0.29) is 47.3 Å². The second kappa shape index (κ2) is 14.3. The SMILES string of the molecule is CC1N[C@H](C)c2cccc(c2)C(F)(F)C2CCN(CCCCNC(=O)Cn3c(/N=C\N)c1cc(C1CCS(=O)(=O)CC1)c3=O)CC2. The molecule has 0 radical (unpaired) electrons. The number of alkyl halides is 2. The number of pyridine rings is 1. The number of halogens is 2. The zero-order chi connectivity index (χ0) is 33.1. The van der Waals surface area contributed by atoms with E-state index in [1.165, 1.54) is 10.6 Å². The van der Waals surface area contributed by atoms with Crippen LogP contribution in [-0.4, -0.2) is 67.8 Å². The molecule has 6 rings (SSSR count). The molecule has 0 saturated carbocycles. The molecule has 252 valence electrons. The highest BCUT2D eigenvalue weighted by atomic mass is 32.2. The van der Waals surface area contributed by atoms with Crippen molar-refractivity contribution in [2.45, 2.75) is 82.8 Å². The van der Waals surface area contributed by atoms with Crippen LogP contribution in [0, 0.1) is 5.92 Å². The van der Waals surface area contributed by atoms with Gasteiger partial charge in [-0.1, -0.05) is 18.2 Å². The first-order chi connectivity index (χ1) is 21.9. The molecule has 1 aromatic carbocycles. The fraction of sp³-hybridized carbons (Fsp3) is 0.606. The maximum atomic E-state index is 15.8. The van der Waals surface area contributed by atoms with Crippen molar-refractivity contribution in [1.29, 1.82) is 0 Å². The van der Waals surface area contributed by atoms with E-state index < -0.39 is 33.3 Å². The lowest BCUT2D eigenvalue weighted by Crippen LogP contribution is -2.40. The highest BCUT2D eigenvalue weighted by molar-refractivity contribution is 7.91. The van der Waals surface area contributed by atoms with E-state index in [9.17, 15) is 18.0 Å². The Kier molecular flexibility index (Phi) is 10.6. The largest absolute Gasteiger partial charge is 0.390 e. The van der Waals surface area contributed by atoms with Crippen molar-refractivity contribution >= 4 is 27.9 Å². The smallest absolute Gasteiger partial charge is 0.276 e. The summed E-state index contributed by atoms with van der Waals surface area (Å²) in [6, 6.07) is 7.52. The maximum Gasteiger partial charge on any atom is 0.276 e. The number of nitrogens with one attached hydrogen (secondary N) is 2. The van der Waals surface area contributed by atoms with E-state index in [2.05, 4.69) is 20.5 Å². The average Bonchev–Trinajstić information content (AvgIpc) is 3.03. The van der Waals surface area contributed by atoms with Gasteiger partial charge in [-0.25, -0.2) is 22.2 Å². The summed E-state index contributed by atoms with van der Waals surface area (Å²) in [5.41, 5.74) is 7.08. The predicted octanol–water partition coefficient (Wildman–Crippen LogP) is 3.88. The third-order valence-corrected chi connectivity index (χ3v) is 11.6. The zero-order valence-corrected chi connectivity index (χ0v) is 27.5. The number of piperidine rings is 1. The van der Waals surface area contributed by atoms with Crippen LogP contribution in [-0.2, 0) is 27.1 Å². The number of aliphatic imine (C=N–C) groups is 1.